The first-order chi connectivity index (χ1) is 17.1. The Morgan fingerprint density at radius 3 is 2.67 bits per heavy atom. The maximum atomic E-state index is 14.8. The highest BCUT2D eigenvalue weighted by atomic mass is 32.1. The van der Waals surface area contributed by atoms with Gasteiger partial charge in [-0.15, -0.1) is 11.3 Å². The average Bonchev–Trinajstić information content (AvgIpc) is 3.55. The number of aromatic nitrogens is 2. The Morgan fingerprint density at radius 1 is 1.11 bits per heavy atom. The van der Waals surface area contributed by atoms with Gasteiger partial charge in [0.25, 0.3) is 0 Å². The molecule has 8 heteroatoms. The minimum atomic E-state index is -0.490. The molecule has 0 spiro atoms. The lowest BCUT2D eigenvalue weighted by Gasteiger charge is -2.09. The number of nitrogens with one attached hydrogen (secondary N) is 1. The van der Waals surface area contributed by atoms with Crippen molar-refractivity contribution in [3.05, 3.63) is 71.8 Å². The number of thiophene rings is 1. The monoisotopic (exact) mass is 507 g/mol. The van der Waals surface area contributed by atoms with Crippen molar-refractivity contribution in [3.8, 4) is 22.1 Å². The van der Waals surface area contributed by atoms with Crippen LogP contribution in [0.5, 0.6) is 11.5 Å². The molecule has 5 rings (SSSR count). The maximum Gasteiger partial charge on any atom is 0.166 e. The first kappa shape index (κ1) is 25.9. The number of ketones is 1. The van der Waals surface area contributed by atoms with E-state index in [1.165, 1.54) is 17.4 Å². The number of Topliss-reactive ketones (excluding diaryl/α,β-unsaturated/α-hetero) is 1. The second-order valence-electron chi connectivity index (χ2n) is 8.82. The van der Waals surface area contributed by atoms with Crippen molar-refractivity contribution in [1.82, 2.24) is 15.3 Å². The number of hydrogen-bond acceptors (Lipinski definition) is 7. The molecule has 1 fully saturated rings. The van der Waals surface area contributed by atoms with Gasteiger partial charge in [0.1, 0.15) is 11.5 Å². The Bertz CT molecular complexity index is 1340. The summed E-state index contributed by atoms with van der Waals surface area (Å²) in [6.07, 6.45) is 6.55. The molecule has 0 atom stereocenters. The van der Waals surface area contributed by atoms with E-state index in [2.05, 4.69) is 15.3 Å². The SMILES string of the molecule is C.O=C(Cc1ccc(Oc2ccnc3cc(-c4ccc(CNCCO)cn4)sc23)c(F)c1)CC1CC1. The minimum absolute atomic E-state index is 0. The summed E-state index contributed by atoms with van der Waals surface area (Å²) >= 11 is 1.49. The van der Waals surface area contributed by atoms with E-state index in [0.717, 1.165) is 39.2 Å². The van der Waals surface area contributed by atoms with Crippen LogP contribution in [0.15, 0.2) is 54.9 Å². The van der Waals surface area contributed by atoms with E-state index in [1.54, 1.807) is 30.6 Å². The highest BCUT2D eigenvalue weighted by Gasteiger charge is 2.24. The number of hydrogen-bond donors (Lipinski definition) is 2. The van der Waals surface area contributed by atoms with Gasteiger partial charge in [-0.3, -0.25) is 14.8 Å². The van der Waals surface area contributed by atoms with Gasteiger partial charge in [0.15, 0.2) is 11.6 Å². The summed E-state index contributed by atoms with van der Waals surface area (Å²) in [5, 5.41) is 12.0. The fourth-order valence-electron chi connectivity index (χ4n) is 3.91. The number of rotatable bonds is 11. The zero-order valence-electron chi connectivity index (χ0n) is 19.2. The smallest absolute Gasteiger partial charge is 0.166 e. The molecule has 4 aromatic rings. The van der Waals surface area contributed by atoms with E-state index in [-0.39, 0.29) is 32.0 Å². The molecule has 0 radical (unpaired) electrons. The van der Waals surface area contributed by atoms with Gasteiger partial charge in [-0.2, -0.15) is 0 Å². The third-order valence-corrected chi connectivity index (χ3v) is 7.06. The zero-order chi connectivity index (χ0) is 24.2. The zero-order valence-corrected chi connectivity index (χ0v) is 20.0. The number of nitrogens with zero attached hydrogens (tertiary/aromatic N) is 2. The van der Waals surface area contributed by atoms with Crippen molar-refractivity contribution >= 4 is 27.3 Å². The van der Waals surface area contributed by atoms with Crippen LogP contribution in [0.25, 0.3) is 20.8 Å². The molecule has 0 amide bonds. The lowest BCUT2D eigenvalue weighted by Crippen LogP contribution is -2.17. The van der Waals surface area contributed by atoms with Crippen molar-refractivity contribution in [1.29, 1.82) is 0 Å². The number of carbonyl (C=O) groups is 1. The average molecular weight is 508 g/mol. The second kappa shape index (κ2) is 11.7. The van der Waals surface area contributed by atoms with Crippen LogP contribution in [0.3, 0.4) is 0 Å². The first-order valence-corrected chi connectivity index (χ1v) is 12.5. The van der Waals surface area contributed by atoms with Crippen molar-refractivity contribution in [2.24, 2.45) is 5.92 Å². The van der Waals surface area contributed by atoms with Gasteiger partial charge in [-0.25, -0.2) is 4.39 Å². The molecule has 0 bridgehead atoms. The van der Waals surface area contributed by atoms with Crippen LogP contribution in [0, 0.1) is 11.7 Å². The molecule has 6 nitrogen and oxygen atoms in total. The number of aliphatic hydroxyl groups excluding tert-OH is 1. The van der Waals surface area contributed by atoms with Crippen molar-refractivity contribution in [3.63, 3.8) is 0 Å². The quantitative estimate of drug-likeness (QED) is 0.245. The fraction of sp³-hybridized carbons (Fsp3) is 0.321. The predicted octanol–water partition coefficient (Wildman–Crippen LogP) is 5.92. The third kappa shape index (κ3) is 6.32. The van der Waals surface area contributed by atoms with Crippen LogP contribution in [0.4, 0.5) is 4.39 Å². The molecule has 3 heterocycles. The fourth-order valence-corrected chi connectivity index (χ4v) is 4.95. The summed E-state index contributed by atoms with van der Waals surface area (Å²) in [7, 11) is 0. The molecule has 0 aliphatic heterocycles. The van der Waals surface area contributed by atoms with Crippen molar-refractivity contribution in [2.45, 2.75) is 39.7 Å². The molecule has 188 valence electrons. The Labute approximate surface area is 214 Å². The maximum absolute atomic E-state index is 14.8. The molecule has 1 aromatic carbocycles. The summed E-state index contributed by atoms with van der Waals surface area (Å²) < 4.78 is 21.6. The van der Waals surface area contributed by atoms with E-state index in [4.69, 9.17) is 9.84 Å². The third-order valence-electron chi connectivity index (χ3n) is 5.90. The van der Waals surface area contributed by atoms with Gasteiger partial charge < -0.3 is 15.2 Å². The van der Waals surface area contributed by atoms with Gasteiger partial charge in [-0.1, -0.05) is 19.6 Å². The van der Waals surface area contributed by atoms with Crippen molar-refractivity contribution in [2.75, 3.05) is 13.2 Å². The highest BCUT2D eigenvalue weighted by molar-refractivity contribution is 7.22. The Hall–Kier alpha value is -3.20. The lowest BCUT2D eigenvalue weighted by atomic mass is 10.0. The van der Waals surface area contributed by atoms with E-state index in [9.17, 15) is 9.18 Å². The van der Waals surface area contributed by atoms with Gasteiger partial charge in [0, 0.05) is 44.4 Å². The van der Waals surface area contributed by atoms with Crippen LogP contribution < -0.4 is 10.1 Å². The van der Waals surface area contributed by atoms with E-state index in [0.29, 0.717) is 36.7 Å². The Kier molecular flexibility index (Phi) is 8.40. The second-order valence-corrected chi connectivity index (χ2v) is 9.87. The molecule has 0 saturated heterocycles. The number of carbonyl (C=O) groups excluding carboxylic acids is 1. The van der Waals surface area contributed by atoms with Crippen LogP contribution in [0.1, 0.15) is 37.8 Å². The van der Waals surface area contributed by atoms with Gasteiger partial charge >= 0.3 is 0 Å². The van der Waals surface area contributed by atoms with Crippen molar-refractivity contribution < 1.29 is 19.0 Å². The van der Waals surface area contributed by atoms with E-state index in [1.807, 2.05) is 18.2 Å². The molecular formula is C28H30FN3O3S. The van der Waals surface area contributed by atoms with Gasteiger partial charge in [0.2, 0.25) is 0 Å². The molecule has 1 saturated carbocycles. The van der Waals surface area contributed by atoms with Crippen LogP contribution in [-0.2, 0) is 17.8 Å². The Balaban J connectivity index is 0.00000304. The van der Waals surface area contributed by atoms with E-state index >= 15 is 0 Å². The number of aliphatic hydroxyl groups is 1. The van der Waals surface area contributed by atoms with Crippen LogP contribution in [0.2, 0.25) is 0 Å². The molecule has 1 aliphatic rings. The number of pyridine rings is 2. The summed E-state index contributed by atoms with van der Waals surface area (Å²) in [6, 6.07) is 12.3. The normalized spacial score (nSPS) is 12.9. The van der Waals surface area contributed by atoms with Gasteiger partial charge in [0.05, 0.1) is 27.4 Å². The number of fused-ring (bicyclic) bond motifs is 1. The lowest BCUT2D eigenvalue weighted by molar-refractivity contribution is -0.118. The number of benzene rings is 1. The molecule has 0 unspecified atom stereocenters. The number of halogens is 1. The van der Waals surface area contributed by atoms with Crippen LogP contribution in [-0.4, -0.2) is 34.0 Å². The Morgan fingerprint density at radius 2 is 1.94 bits per heavy atom. The summed E-state index contributed by atoms with van der Waals surface area (Å²) in [6.45, 7) is 1.27. The first-order valence-electron chi connectivity index (χ1n) is 11.7. The molecule has 2 N–H and O–H groups in total. The molecular weight excluding hydrogens is 477 g/mol. The minimum Gasteiger partial charge on any atom is -0.453 e. The molecule has 1 aliphatic carbocycles. The molecule has 36 heavy (non-hydrogen) atoms. The summed E-state index contributed by atoms with van der Waals surface area (Å²) in [5.74, 6) is 0.833. The standard InChI is InChI=1S/C27H26FN3O3S.CH4/c28-21-13-18(12-20(33)11-17-1-2-17)4-6-24(21)34-25-7-8-30-23-14-26(35-27(23)25)22-5-3-19(16-31-22)15-29-9-10-32;/h3-8,13-14,16-17,29,32H,1-2,9-12,15H2;1H4. The summed E-state index contributed by atoms with van der Waals surface area (Å²) in [4.78, 5) is 22.0. The largest absolute Gasteiger partial charge is 0.453 e. The topological polar surface area (TPSA) is 84.3 Å². The van der Waals surface area contributed by atoms with Crippen LogP contribution >= 0.6 is 11.3 Å². The van der Waals surface area contributed by atoms with Gasteiger partial charge in [-0.05, 0) is 54.2 Å². The van der Waals surface area contributed by atoms with E-state index < -0.39 is 5.82 Å². The highest BCUT2D eigenvalue weighted by Crippen LogP contribution is 2.39. The molecule has 3 aromatic heterocycles. The predicted molar refractivity (Wildman–Crippen MR) is 141 cm³/mol. The number of ether oxygens (including phenoxy) is 1. The summed E-state index contributed by atoms with van der Waals surface area (Å²) in [5.41, 5.74) is 3.26.